The summed E-state index contributed by atoms with van der Waals surface area (Å²) >= 11 is 1.40. The molecule has 2 aromatic heterocycles. The molecular weight excluding hydrogens is 516 g/mol. The van der Waals surface area contributed by atoms with E-state index in [4.69, 9.17) is 0 Å². The Hall–Kier alpha value is -3.44. The van der Waals surface area contributed by atoms with Crippen LogP contribution >= 0.6 is 11.3 Å². The van der Waals surface area contributed by atoms with Crippen molar-refractivity contribution in [2.45, 2.75) is 31.9 Å². The number of nitrogens with one attached hydrogen (secondary N) is 1. The molecule has 2 aromatic carbocycles. The summed E-state index contributed by atoms with van der Waals surface area (Å²) in [5.41, 5.74) is 0.150. The Morgan fingerprint density at radius 3 is 2.32 bits per heavy atom. The highest BCUT2D eigenvalue weighted by molar-refractivity contribution is 7.15. The first-order valence-electron chi connectivity index (χ1n) is 11.3. The second kappa shape index (κ2) is 9.46. The molecule has 3 heterocycles. The van der Waals surface area contributed by atoms with Crippen LogP contribution in [0.5, 0.6) is 0 Å². The number of hydrogen-bond donors (Lipinski definition) is 1. The number of nitrogens with zero attached hydrogens (tertiary/aromatic N) is 2. The van der Waals surface area contributed by atoms with E-state index in [-0.39, 0.29) is 11.4 Å². The number of hydrogen-bond acceptors (Lipinski definition) is 4. The predicted octanol–water partition coefficient (Wildman–Crippen LogP) is 6.76. The number of benzene rings is 2. The molecule has 0 saturated heterocycles. The third-order valence-electron chi connectivity index (χ3n) is 6.15. The van der Waals surface area contributed by atoms with E-state index >= 15 is 0 Å². The number of aromatic nitrogens is 2. The first-order chi connectivity index (χ1) is 17.5. The first kappa shape index (κ1) is 25.2. The summed E-state index contributed by atoms with van der Waals surface area (Å²) in [5.74, 6) is 0.218. The van der Waals surface area contributed by atoms with Gasteiger partial charge in [-0.25, -0.2) is 4.98 Å². The fraction of sp³-hybridized carbons (Fsp3) is 0.231. The average Bonchev–Trinajstić information content (AvgIpc) is 3.32. The topological polar surface area (TPSA) is 49.0 Å². The maximum absolute atomic E-state index is 13.1. The van der Waals surface area contributed by atoms with Crippen LogP contribution < -0.4 is 5.56 Å². The van der Waals surface area contributed by atoms with E-state index in [1.807, 2.05) is 6.07 Å². The van der Waals surface area contributed by atoms with Crippen LogP contribution in [0.2, 0.25) is 0 Å². The largest absolute Gasteiger partial charge is 0.416 e. The molecule has 37 heavy (non-hydrogen) atoms. The van der Waals surface area contributed by atoms with Crippen molar-refractivity contribution >= 4 is 11.3 Å². The molecule has 0 aliphatic carbocycles. The zero-order chi connectivity index (χ0) is 26.4. The monoisotopic (exact) mass is 535 g/mol. The van der Waals surface area contributed by atoms with E-state index < -0.39 is 23.5 Å². The van der Waals surface area contributed by atoms with Gasteiger partial charge in [-0.3, -0.25) is 9.69 Å². The number of thiophene rings is 1. The van der Waals surface area contributed by atoms with Gasteiger partial charge in [0, 0.05) is 41.4 Å². The summed E-state index contributed by atoms with van der Waals surface area (Å²) < 4.78 is 77.7. The standard InChI is InChI=1S/C26H19F6N3OS/c27-25(28,29)17-6-4-15(5-7-17)23-33-21-10-11-35(14-20(21)24(36)34-23)13-19-8-9-22(37-19)16-2-1-3-18(12-16)26(30,31)32/h1-9,12H,10-11,13-14H2,(H,33,34,36). The van der Waals surface area contributed by atoms with Crippen molar-refractivity contribution in [1.82, 2.24) is 14.9 Å². The summed E-state index contributed by atoms with van der Waals surface area (Å²) in [5, 5.41) is 0. The Bertz CT molecular complexity index is 1490. The average molecular weight is 536 g/mol. The van der Waals surface area contributed by atoms with E-state index in [0.29, 0.717) is 48.4 Å². The van der Waals surface area contributed by atoms with Crippen LogP contribution in [0.3, 0.4) is 0 Å². The fourth-order valence-corrected chi connectivity index (χ4v) is 5.30. The van der Waals surface area contributed by atoms with Crippen LogP contribution in [0.4, 0.5) is 26.3 Å². The maximum atomic E-state index is 13.1. The maximum Gasteiger partial charge on any atom is 0.416 e. The van der Waals surface area contributed by atoms with Gasteiger partial charge in [-0.1, -0.05) is 24.3 Å². The normalized spacial score (nSPS) is 14.5. The van der Waals surface area contributed by atoms with E-state index in [9.17, 15) is 31.1 Å². The summed E-state index contributed by atoms with van der Waals surface area (Å²) in [4.78, 5) is 23.7. The zero-order valence-corrected chi connectivity index (χ0v) is 19.9. The molecule has 0 atom stereocenters. The molecular formula is C26H19F6N3OS. The molecule has 0 fully saturated rings. The highest BCUT2D eigenvalue weighted by Gasteiger charge is 2.31. The van der Waals surface area contributed by atoms with Gasteiger partial charge >= 0.3 is 12.4 Å². The predicted molar refractivity (Wildman–Crippen MR) is 128 cm³/mol. The van der Waals surface area contributed by atoms with Crippen molar-refractivity contribution in [2.24, 2.45) is 0 Å². The lowest BCUT2D eigenvalue weighted by Gasteiger charge is -2.27. The van der Waals surface area contributed by atoms with E-state index in [1.165, 1.54) is 29.5 Å². The Morgan fingerprint density at radius 1 is 0.892 bits per heavy atom. The molecule has 0 amide bonds. The minimum atomic E-state index is -4.45. The third-order valence-corrected chi connectivity index (χ3v) is 7.27. The van der Waals surface area contributed by atoms with Gasteiger partial charge in [-0.15, -0.1) is 11.3 Å². The van der Waals surface area contributed by atoms with Gasteiger partial charge < -0.3 is 4.98 Å². The van der Waals surface area contributed by atoms with Gasteiger partial charge in [-0.05, 0) is 42.0 Å². The molecule has 0 radical (unpaired) electrons. The molecule has 192 valence electrons. The molecule has 4 aromatic rings. The fourth-order valence-electron chi connectivity index (χ4n) is 4.26. The lowest BCUT2D eigenvalue weighted by Crippen LogP contribution is -2.35. The number of halogens is 6. The number of rotatable bonds is 4. The molecule has 1 N–H and O–H groups in total. The van der Waals surface area contributed by atoms with Gasteiger partial charge in [-0.2, -0.15) is 26.3 Å². The summed E-state index contributed by atoms with van der Waals surface area (Å²) in [6, 6.07) is 13.3. The van der Waals surface area contributed by atoms with Crippen LogP contribution in [0.15, 0.2) is 65.5 Å². The van der Waals surface area contributed by atoms with E-state index in [0.717, 1.165) is 34.0 Å². The number of fused-ring (bicyclic) bond motifs is 1. The first-order valence-corrected chi connectivity index (χ1v) is 12.1. The van der Waals surface area contributed by atoms with Crippen molar-refractivity contribution in [1.29, 1.82) is 0 Å². The quantitative estimate of drug-likeness (QED) is 0.294. The molecule has 0 unspecified atom stereocenters. The van der Waals surface area contributed by atoms with Crippen molar-refractivity contribution in [3.8, 4) is 21.8 Å². The van der Waals surface area contributed by atoms with Crippen LogP contribution in [-0.4, -0.2) is 21.4 Å². The molecule has 1 aliphatic rings. The lowest BCUT2D eigenvalue weighted by atomic mass is 10.1. The molecule has 5 rings (SSSR count). The number of H-pyrrole nitrogens is 1. The molecule has 11 heteroatoms. The van der Waals surface area contributed by atoms with Crippen LogP contribution in [0.25, 0.3) is 21.8 Å². The van der Waals surface area contributed by atoms with Gasteiger partial charge in [0.05, 0.1) is 22.4 Å². The van der Waals surface area contributed by atoms with Crippen LogP contribution in [-0.2, 0) is 31.9 Å². The van der Waals surface area contributed by atoms with Crippen molar-refractivity contribution in [3.63, 3.8) is 0 Å². The Kier molecular flexibility index (Phi) is 6.45. The summed E-state index contributed by atoms with van der Waals surface area (Å²) in [6.07, 6.45) is -8.38. The minimum absolute atomic E-state index is 0.218. The highest BCUT2D eigenvalue weighted by atomic mass is 32.1. The lowest BCUT2D eigenvalue weighted by molar-refractivity contribution is -0.138. The van der Waals surface area contributed by atoms with Crippen LogP contribution in [0.1, 0.15) is 27.3 Å². The molecule has 0 spiro atoms. The SMILES string of the molecule is O=c1[nH]c(-c2ccc(C(F)(F)F)cc2)nc2c1CN(Cc1ccc(-c3cccc(C(F)(F)F)c3)s1)CC2. The zero-order valence-electron chi connectivity index (χ0n) is 19.1. The van der Waals surface area contributed by atoms with Crippen molar-refractivity contribution in [2.75, 3.05) is 6.54 Å². The third kappa shape index (κ3) is 5.47. The molecule has 1 aliphatic heterocycles. The van der Waals surface area contributed by atoms with Gasteiger partial charge in [0.2, 0.25) is 0 Å². The Balaban J connectivity index is 1.30. The number of alkyl halides is 6. The minimum Gasteiger partial charge on any atom is -0.306 e. The summed E-state index contributed by atoms with van der Waals surface area (Å²) in [7, 11) is 0. The number of aromatic amines is 1. The Labute approximate surface area is 211 Å². The van der Waals surface area contributed by atoms with E-state index in [1.54, 1.807) is 12.1 Å². The van der Waals surface area contributed by atoms with Gasteiger partial charge in [0.15, 0.2) is 0 Å². The smallest absolute Gasteiger partial charge is 0.306 e. The highest BCUT2D eigenvalue weighted by Crippen LogP contribution is 2.35. The molecule has 0 saturated carbocycles. The molecule has 4 nitrogen and oxygen atoms in total. The summed E-state index contributed by atoms with van der Waals surface area (Å²) in [6.45, 7) is 1.46. The van der Waals surface area contributed by atoms with Crippen LogP contribution in [0, 0.1) is 0 Å². The second-order valence-electron chi connectivity index (χ2n) is 8.72. The second-order valence-corrected chi connectivity index (χ2v) is 9.89. The van der Waals surface area contributed by atoms with Gasteiger partial charge in [0.25, 0.3) is 5.56 Å². The Morgan fingerprint density at radius 2 is 1.62 bits per heavy atom. The van der Waals surface area contributed by atoms with Crippen molar-refractivity contribution in [3.05, 3.63) is 98.3 Å². The van der Waals surface area contributed by atoms with Gasteiger partial charge in [0.1, 0.15) is 5.82 Å². The van der Waals surface area contributed by atoms with E-state index in [2.05, 4.69) is 14.9 Å². The van der Waals surface area contributed by atoms with Crippen molar-refractivity contribution < 1.29 is 26.3 Å². The molecule has 0 bridgehead atoms.